The summed E-state index contributed by atoms with van der Waals surface area (Å²) in [4.78, 5) is 31.9. The Kier molecular flexibility index (Phi) is 54.2. The van der Waals surface area contributed by atoms with E-state index in [9.17, 15) is 14.4 Å². The Morgan fingerprint density at radius 3 is 0.865 bits per heavy atom. The second-order valence-corrected chi connectivity index (χ2v) is 15.1. The predicted molar refractivity (Wildman–Crippen MR) is 224 cm³/mol. The topological polar surface area (TPSA) is 89.9 Å². The highest BCUT2D eigenvalue weighted by Gasteiger charge is 2.02. The Bertz CT molecular complexity index is 694. The van der Waals surface area contributed by atoms with Crippen LogP contribution < -0.4 is 0 Å². The van der Waals surface area contributed by atoms with Crippen molar-refractivity contribution in [3.8, 4) is 0 Å². The Hall–Kier alpha value is -1.59. The van der Waals surface area contributed by atoms with Gasteiger partial charge in [0.15, 0.2) is 0 Å². The minimum atomic E-state index is -0.653. The lowest BCUT2D eigenvalue weighted by Crippen LogP contribution is -2.05. The first-order valence-corrected chi connectivity index (χ1v) is 22.9. The standard InChI is InChI=1S/C22H44O2.C18H36O2.C6H12O2/c1-3-5-7-8-9-10-11-12-13-14-15-16-17-18-19-20-22(23)24-21-6-4-2;1-2-3-4-5-6-7-8-9-10-11-12-13-14-15-16-17-18(19)20;1-3-4-5-8-6(2)7/h3-21H2,1-2H3;2-17H2,1H3,(H,19,20);3-5H2,1-2H3. The van der Waals surface area contributed by atoms with Gasteiger partial charge in [-0.3, -0.25) is 14.4 Å². The van der Waals surface area contributed by atoms with Gasteiger partial charge in [-0.1, -0.05) is 220 Å². The third kappa shape index (κ3) is 60.5. The van der Waals surface area contributed by atoms with Crippen molar-refractivity contribution in [3.05, 3.63) is 0 Å². The van der Waals surface area contributed by atoms with Gasteiger partial charge in [0.25, 0.3) is 0 Å². The molecular formula is C46H92O6. The Morgan fingerprint density at radius 1 is 0.346 bits per heavy atom. The molecule has 0 saturated heterocycles. The summed E-state index contributed by atoms with van der Waals surface area (Å²) in [6.07, 6.45) is 45.3. The highest BCUT2D eigenvalue weighted by Crippen LogP contribution is 2.15. The summed E-state index contributed by atoms with van der Waals surface area (Å²) in [5.41, 5.74) is 0. The molecule has 0 aliphatic heterocycles. The summed E-state index contributed by atoms with van der Waals surface area (Å²) < 4.78 is 9.81. The molecular weight excluding hydrogens is 649 g/mol. The van der Waals surface area contributed by atoms with E-state index in [0.717, 1.165) is 44.9 Å². The molecule has 0 fully saturated rings. The molecule has 52 heavy (non-hydrogen) atoms. The van der Waals surface area contributed by atoms with Gasteiger partial charge in [0.2, 0.25) is 0 Å². The normalized spacial score (nSPS) is 10.6. The van der Waals surface area contributed by atoms with Crippen LogP contribution in [-0.4, -0.2) is 36.2 Å². The molecule has 0 atom stereocenters. The first kappa shape index (κ1) is 54.8. The van der Waals surface area contributed by atoms with E-state index in [1.54, 1.807) is 0 Å². The number of aliphatic carboxylic acids is 1. The molecule has 0 heterocycles. The number of carbonyl (C=O) groups is 3. The van der Waals surface area contributed by atoms with Crippen LogP contribution in [0.1, 0.15) is 266 Å². The van der Waals surface area contributed by atoms with Gasteiger partial charge in [0, 0.05) is 19.8 Å². The SMILES string of the molecule is CCCCCCCCCCCCCCCCCC(=O)O.CCCCCCCCCCCCCCCCCC(=O)OCCCC.CCCCOC(C)=O. The minimum absolute atomic E-state index is 0.00172. The number of ether oxygens (including phenoxy) is 2. The quantitative estimate of drug-likeness (QED) is 0.0501. The van der Waals surface area contributed by atoms with Gasteiger partial charge >= 0.3 is 17.9 Å². The number of esters is 2. The van der Waals surface area contributed by atoms with Crippen LogP contribution in [0.15, 0.2) is 0 Å². The molecule has 0 saturated carbocycles. The molecule has 0 amide bonds. The van der Waals surface area contributed by atoms with Crippen molar-refractivity contribution in [2.45, 2.75) is 266 Å². The number of unbranched alkanes of at least 4 members (excludes halogenated alkanes) is 30. The summed E-state index contributed by atoms with van der Waals surface area (Å²) in [6, 6.07) is 0. The van der Waals surface area contributed by atoms with Gasteiger partial charge in [-0.15, -0.1) is 0 Å². The zero-order chi connectivity index (χ0) is 39.0. The summed E-state index contributed by atoms with van der Waals surface area (Å²) in [5.74, 6) is -0.837. The van der Waals surface area contributed by atoms with Gasteiger partial charge < -0.3 is 14.6 Å². The lowest BCUT2D eigenvalue weighted by atomic mass is 10.0. The number of carbonyl (C=O) groups excluding carboxylic acids is 2. The van der Waals surface area contributed by atoms with Gasteiger partial charge in [0.1, 0.15) is 0 Å². The van der Waals surface area contributed by atoms with Crippen LogP contribution in [0.5, 0.6) is 0 Å². The smallest absolute Gasteiger partial charge is 0.305 e. The maximum atomic E-state index is 11.4. The van der Waals surface area contributed by atoms with E-state index < -0.39 is 5.97 Å². The lowest BCUT2D eigenvalue weighted by molar-refractivity contribution is -0.144. The molecule has 0 unspecified atom stereocenters. The van der Waals surface area contributed by atoms with Crippen molar-refractivity contribution in [1.82, 2.24) is 0 Å². The molecule has 6 nitrogen and oxygen atoms in total. The third-order valence-corrected chi connectivity index (χ3v) is 9.54. The lowest BCUT2D eigenvalue weighted by Gasteiger charge is -2.04. The van der Waals surface area contributed by atoms with Crippen molar-refractivity contribution in [2.24, 2.45) is 0 Å². The number of hydrogen-bond acceptors (Lipinski definition) is 5. The van der Waals surface area contributed by atoms with Crippen molar-refractivity contribution < 1.29 is 29.0 Å². The Labute approximate surface area is 325 Å². The van der Waals surface area contributed by atoms with Crippen LogP contribution in [0, 0.1) is 0 Å². The van der Waals surface area contributed by atoms with Crippen LogP contribution >= 0.6 is 0 Å². The average Bonchev–Trinajstić information content (AvgIpc) is 3.12. The predicted octanol–water partition coefficient (Wildman–Crippen LogP) is 15.3. The van der Waals surface area contributed by atoms with E-state index in [2.05, 4.69) is 32.4 Å². The van der Waals surface area contributed by atoms with E-state index in [0.29, 0.717) is 26.1 Å². The van der Waals surface area contributed by atoms with Crippen LogP contribution in [0.2, 0.25) is 0 Å². The summed E-state index contributed by atoms with van der Waals surface area (Å²) in [5, 5.41) is 8.52. The highest BCUT2D eigenvalue weighted by atomic mass is 16.5. The molecule has 0 rings (SSSR count). The van der Waals surface area contributed by atoms with Crippen LogP contribution in [-0.2, 0) is 23.9 Å². The summed E-state index contributed by atoms with van der Waals surface area (Å²) in [6.45, 7) is 11.3. The van der Waals surface area contributed by atoms with Gasteiger partial charge in [-0.25, -0.2) is 0 Å². The van der Waals surface area contributed by atoms with Gasteiger partial charge in [-0.2, -0.15) is 0 Å². The van der Waals surface area contributed by atoms with Crippen molar-refractivity contribution >= 4 is 17.9 Å². The molecule has 0 aromatic rings. The summed E-state index contributed by atoms with van der Waals surface area (Å²) >= 11 is 0. The number of rotatable bonds is 38. The highest BCUT2D eigenvalue weighted by molar-refractivity contribution is 5.69. The monoisotopic (exact) mass is 741 g/mol. The second-order valence-electron chi connectivity index (χ2n) is 15.1. The van der Waals surface area contributed by atoms with E-state index in [1.807, 2.05) is 0 Å². The molecule has 0 aliphatic carbocycles. The van der Waals surface area contributed by atoms with Crippen LogP contribution in [0.4, 0.5) is 0 Å². The van der Waals surface area contributed by atoms with Crippen LogP contribution in [0.25, 0.3) is 0 Å². The zero-order valence-corrected chi connectivity index (χ0v) is 35.9. The zero-order valence-electron chi connectivity index (χ0n) is 35.9. The maximum absolute atomic E-state index is 11.4. The second kappa shape index (κ2) is 51.5. The number of hydrogen-bond donors (Lipinski definition) is 1. The molecule has 312 valence electrons. The van der Waals surface area contributed by atoms with Crippen molar-refractivity contribution in [3.63, 3.8) is 0 Å². The molecule has 0 spiro atoms. The van der Waals surface area contributed by atoms with Gasteiger partial charge in [-0.05, 0) is 25.7 Å². The fourth-order valence-electron chi connectivity index (χ4n) is 6.05. The third-order valence-electron chi connectivity index (χ3n) is 9.54. The fraction of sp³-hybridized carbons (Fsp3) is 0.935. The summed E-state index contributed by atoms with van der Waals surface area (Å²) in [7, 11) is 0. The molecule has 1 N–H and O–H groups in total. The van der Waals surface area contributed by atoms with Crippen LogP contribution in [0.3, 0.4) is 0 Å². The number of carboxylic acid groups (broad SMARTS) is 1. The first-order chi connectivity index (χ1) is 25.3. The van der Waals surface area contributed by atoms with E-state index >= 15 is 0 Å². The minimum Gasteiger partial charge on any atom is -0.481 e. The largest absolute Gasteiger partial charge is 0.481 e. The Morgan fingerprint density at radius 2 is 0.596 bits per heavy atom. The molecule has 0 aromatic carbocycles. The maximum Gasteiger partial charge on any atom is 0.305 e. The van der Waals surface area contributed by atoms with Crippen molar-refractivity contribution in [1.29, 1.82) is 0 Å². The van der Waals surface area contributed by atoms with E-state index in [-0.39, 0.29) is 11.9 Å². The number of carboxylic acids is 1. The van der Waals surface area contributed by atoms with E-state index in [1.165, 1.54) is 180 Å². The molecule has 0 radical (unpaired) electrons. The average molecular weight is 741 g/mol. The molecule has 6 heteroatoms. The molecule has 0 bridgehead atoms. The van der Waals surface area contributed by atoms with Gasteiger partial charge in [0.05, 0.1) is 13.2 Å². The van der Waals surface area contributed by atoms with E-state index in [4.69, 9.17) is 9.84 Å². The Balaban J connectivity index is -0.000000771. The first-order valence-electron chi connectivity index (χ1n) is 22.9. The molecule has 0 aromatic heterocycles. The molecule has 0 aliphatic rings. The fourth-order valence-corrected chi connectivity index (χ4v) is 6.05. The van der Waals surface area contributed by atoms with Crippen molar-refractivity contribution in [2.75, 3.05) is 13.2 Å².